The summed E-state index contributed by atoms with van der Waals surface area (Å²) in [4.78, 5) is 22.4. The Morgan fingerprint density at radius 3 is 2.45 bits per heavy atom. The van der Waals surface area contributed by atoms with E-state index in [0.717, 1.165) is 60.6 Å². The average Bonchev–Trinajstić information content (AvgIpc) is 2.71. The van der Waals surface area contributed by atoms with E-state index < -0.39 is 0 Å². The minimum Gasteiger partial charge on any atom is -0.322 e. The van der Waals surface area contributed by atoms with Crippen molar-refractivity contribution >= 4 is 22.5 Å². The van der Waals surface area contributed by atoms with Gasteiger partial charge in [0.25, 0.3) is 5.91 Å². The number of carbonyl (C=O) groups is 1. The number of amides is 1. The topological polar surface area (TPSA) is 48.5 Å². The Labute approximate surface area is 172 Å². The van der Waals surface area contributed by atoms with E-state index in [-0.39, 0.29) is 5.91 Å². The third-order valence-corrected chi connectivity index (χ3v) is 5.55. The van der Waals surface area contributed by atoms with Gasteiger partial charge >= 0.3 is 0 Å². The predicted octanol–water partition coefficient (Wildman–Crippen LogP) is 3.85. The number of nitrogens with zero attached hydrogens (tertiary/aromatic N) is 3. The van der Waals surface area contributed by atoms with Gasteiger partial charge in [0.05, 0.1) is 11.1 Å². The first kappa shape index (κ1) is 19.6. The molecule has 1 saturated heterocycles. The van der Waals surface area contributed by atoms with Crippen LogP contribution in [-0.4, -0.2) is 53.9 Å². The molecule has 29 heavy (non-hydrogen) atoms. The molecule has 4 rings (SSSR count). The Hall–Kier alpha value is -2.76. The number of aromatic nitrogens is 1. The summed E-state index contributed by atoms with van der Waals surface area (Å²) in [5.74, 6) is -0.0992. The van der Waals surface area contributed by atoms with Gasteiger partial charge in [0.2, 0.25) is 0 Å². The molecule has 2 heterocycles. The fourth-order valence-electron chi connectivity index (χ4n) is 3.82. The fourth-order valence-corrected chi connectivity index (χ4v) is 3.82. The average molecular weight is 389 g/mol. The van der Waals surface area contributed by atoms with Crippen LogP contribution >= 0.6 is 0 Å². The number of carbonyl (C=O) groups excluding carboxylic acids is 1. The molecule has 1 amide bonds. The summed E-state index contributed by atoms with van der Waals surface area (Å²) in [6, 6.07) is 16.1. The van der Waals surface area contributed by atoms with Gasteiger partial charge in [-0.1, -0.05) is 23.8 Å². The fraction of sp³-hybridized carbons (Fsp3) is 0.333. The van der Waals surface area contributed by atoms with E-state index in [1.807, 2.05) is 50.2 Å². The van der Waals surface area contributed by atoms with E-state index in [4.69, 9.17) is 0 Å². The largest absolute Gasteiger partial charge is 0.322 e. The standard InChI is InChI=1S/C24H28N4O/c1-17-4-9-23-21(14-17)22(15-18(2)25-23)24(29)26-20-7-5-19(6-8-20)16-28-12-10-27(3)11-13-28/h4-9,14-15H,10-13,16H2,1-3H3,(H,26,29). The number of hydrogen-bond donors (Lipinski definition) is 1. The molecule has 0 atom stereocenters. The van der Waals surface area contributed by atoms with Crippen molar-refractivity contribution in [1.82, 2.24) is 14.8 Å². The van der Waals surface area contributed by atoms with Crippen molar-refractivity contribution in [2.24, 2.45) is 0 Å². The molecule has 1 aliphatic heterocycles. The Morgan fingerprint density at radius 2 is 1.72 bits per heavy atom. The quantitative estimate of drug-likeness (QED) is 0.738. The van der Waals surface area contributed by atoms with E-state index in [2.05, 4.69) is 39.3 Å². The smallest absolute Gasteiger partial charge is 0.256 e. The zero-order valence-corrected chi connectivity index (χ0v) is 17.4. The number of pyridine rings is 1. The van der Waals surface area contributed by atoms with Crippen molar-refractivity contribution < 1.29 is 4.79 Å². The lowest BCUT2D eigenvalue weighted by Crippen LogP contribution is -2.43. The highest BCUT2D eigenvalue weighted by molar-refractivity contribution is 6.12. The number of fused-ring (bicyclic) bond motifs is 1. The maximum Gasteiger partial charge on any atom is 0.256 e. The summed E-state index contributed by atoms with van der Waals surface area (Å²) >= 11 is 0. The number of piperazine rings is 1. The first-order valence-electron chi connectivity index (χ1n) is 10.2. The Balaban J connectivity index is 1.47. The minimum absolute atomic E-state index is 0.0992. The van der Waals surface area contributed by atoms with Gasteiger partial charge in [0.15, 0.2) is 0 Å². The van der Waals surface area contributed by atoms with E-state index in [1.165, 1.54) is 5.56 Å². The van der Waals surface area contributed by atoms with Crippen molar-refractivity contribution in [2.45, 2.75) is 20.4 Å². The second-order valence-corrected chi connectivity index (χ2v) is 8.06. The molecule has 1 fully saturated rings. The van der Waals surface area contributed by atoms with E-state index in [0.29, 0.717) is 5.56 Å². The maximum absolute atomic E-state index is 13.0. The van der Waals surface area contributed by atoms with Crippen LogP contribution in [0.4, 0.5) is 5.69 Å². The summed E-state index contributed by atoms with van der Waals surface area (Å²) in [5.41, 5.74) is 5.56. The van der Waals surface area contributed by atoms with Crippen LogP contribution in [0.15, 0.2) is 48.5 Å². The molecule has 5 nitrogen and oxygen atoms in total. The normalized spacial score (nSPS) is 15.6. The maximum atomic E-state index is 13.0. The van der Waals surface area contributed by atoms with Crippen LogP contribution in [0.25, 0.3) is 10.9 Å². The van der Waals surface area contributed by atoms with Crippen LogP contribution in [0.2, 0.25) is 0 Å². The number of nitrogens with one attached hydrogen (secondary N) is 1. The molecule has 0 bridgehead atoms. The lowest BCUT2D eigenvalue weighted by Gasteiger charge is -2.32. The number of hydrogen-bond acceptors (Lipinski definition) is 4. The second kappa shape index (κ2) is 8.31. The molecule has 5 heteroatoms. The van der Waals surface area contributed by atoms with E-state index in [1.54, 1.807) is 0 Å². The second-order valence-electron chi connectivity index (χ2n) is 8.06. The highest BCUT2D eigenvalue weighted by Gasteiger charge is 2.15. The number of anilines is 1. The molecule has 3 aromatic rings. The molecular formula is C24H28N4O. The van der Waals surface area contributed by atoms with Gasteiger partial charge in [0.1, 0.15) is 0 Å². The summed E-state index contributed by atoms with van der Waals surface area (Å²) in [6.45, 7) is 9.34. The number of likely N-dealkylation sites (N-methyl/N-ethyl adjacent to an activating group) is 1. The molecule has 0 saturated carbocycles. The molecular weight excluding hydrogens is 360 g/mol. The summed E-state index contributed by atoms with van der Waals surface area (Å²) in [5, 5.41) is 3.94. The molecule has 0 radical (unpaired) electrons. The summed E-state index contributed by atoms with van der Waals surface area (Å²) < 4.78 is 0. The minimum atomic E-state index is -0.0992. The third kappa shape index (κ3) is 4.63. The van der Waals surface area contributed by atoms with Crippen LogP contribution in [0.5, 0.6) is 0 Å². The predicted molar refractivity (Wildman–Crippen MR) is 118 cm³/mol. The molecule has 1 aromatic heterocycles. The Bertz CT molecular complexity index is 1020. The number of benzene rings is 2. The first-order valence-corrected chi connectivity index (χ1v) is 10.2. The Morgan fingerprint density at radius 1 is 1.00 bits per heavy atom. The summed E-state index contributed by atoms with van der Waals surface area (Å²) in [7, 11) is 2.17. The molecule has 0 aliphatic carbocycles. The molecule has 2 aromatic carbocycles. The zero-order valence-electron chi connectivity index (χ0n) is 17.4. The van der Waals surface area contributed by atoms with Crippen LogP contribution in [0.1, 0.15) is 27.2 Å². The van der Waals surface area contributed by atoms with Gasteiger partial charge < -0.3 is 10.2 Å². The molecule has 0 unspecified atom stereocenters. The molecule has 150 valence electrons. The number of aryl methyl sites for hydroxylation is 2. The Kier molecular flexibility index (Phi) is 5.60. The van der Waals surface area contributed by atoms with Gasteiger partial charge in [-0.05, 0) is 56.8 Å². The van der Waals surface area contributed by atoms with Crippen LogP contribution in [0.3, 0.4) is 0 Å². The van der Waals surface area contributed by atoms with Crippen LogP contribution < -0.4 is 5.32 Å². The zero-order chi connectivity index (χ0) is 20.4. The van der Waals surface area contributed by atoms with Gasteiger partial charge in [-0.15, -0.1) is 0 Å². The lowest BCUT2D eigenvalue weighted by molar-refractivity contribution is 0.102. The molecule has 1 N–H and O–H groups in total. The summed E-state index contributed by atoms with van der Waals surface area (Å²) in [6.07, 6.45) is 0. The van der Waals surface area contributed by atoms with Gasteiger partial charge in [0, 0.05) is 49.5 Å². The van der Waals surface area contributed by atoms with E-state index in [9.17, 15) is 4.79 Å². The van der Waals surface area contributed by atoms with Crippen LogP contribution in [0, 0.1) is 13.8 Å². The van der Waals surface area contributed by atoms with Crippen LogP contribution in [-0.2, 0) is 6.54 Å². The van der Waals surface area contributed by atoms with Crippen molar-refractivity contribution in [1.29, 1.82) is 0 Å². The number of rotatable bonds is 4. The van der Waals surface area contributed by atoms with Gasteiger partial charge in [-0.3, -0.25) is 14.7 Å². The van der Waals surface area contributed by atoms with E-state index >= 15 is 0 Å². The van der Waals surface area contributed by atoms with Gasteiger partial charge in [-0.2, -0.15) is 0 Å². The SMILES string of the molecule is Cc1ccc2nc(C)cc(C(=O)Nc3ccc(CN4CCN(C)CC4)cc3)c2c1. The molecule has 0 spiro atoms. The lowest BCUT2D eigenvalue weighted by atomic mass is 10.0. The van der Waals surface area contributed by atoms with Crippen molar-refractivity contribution in [3.05, 3.63) is 70.9 Å². The van der Waals surface area contributed by atoms with Gasteiger partial charge in [-0.25, -0.2) is 0 Å². The van der Waals surface area contributed by atoms with Crippen molar-refractivity contribution in [3.63, 3.8) is 0 Å². The highest BCUT2D eigenvalue weighted by atomic mass is 16.1. The third-order valence-electron chi connectivity index (χ3n) is 5.55. The first-order chi connectivity index (χ1) is 14.0. The van der Waals surface area contributed by atoms with Crippen molar-refractivity contribution in [2.75, 3.05) is 38.5 Å². The monoisotopic (exact) mass is 388 g/mol. The van der Waals surface area contributed by atoms with Crippen molar-refractivity contribution in [3.8, 4) is 0 Å². The molecule has 1 aliphatic rings. The highest BCUT2D eigenvalue weighted by Crippen LogP contribution is 2.22.